The summed E-state index contributed by atoms with van der Waals surface area (Å²) in [7, 11) is 3.20. The molecule has 1 fully saturated rings. The lowest BCUT2D eigenvalue weighted by molar-refractivity contribution is -0.143. The Morgan fingerprint density at radius 2 is 2.04 bits per heavy atom. The third-order valence-electron chi connectivity index (χ3n) is 4.60. The van der Waals surface area contributed by atoms with E-state index in [1.54, 1.807) is 18.4 Å². The van der Waals surface area contributed by atoms with Crippen molar-refractivity contribution < 1.29 is 13.2 Å². The number of hydrogen-bond donors (Lipinski definition) is 2. The normalized spacial score (nSPS) is 16.9. The van der Waals surface area contributed by atoms with Crippen molar-refractivity contribution in [1.29, 1.82) is 0 Å². The molecule has 2 heterocycles. The van der Waals surface area contributed by atoms with Crippen LogP contribution in [0.4, 0.5) is 13.2 Å². The van der Waals surface area contributed by atoms with Gasteiger partial charge in [0.05, 0.1) is 12.6 Å². The Hall–Kier alpha value is -0.590. The molecule has 1 unspecified atom stereocenters. The first-order chi connectivity index (χ1) is 12.9. The fourth-order valence-corrected chi connectivity index (χ4v) is 4.16. The third kappa shape index (κ3) is 9.27. The van der Waals surface area contributed by atoms with Gasteiger partial charge in [-0.05, 0) is 57.4 Å². The van der Waals surface area contributed by atoms with Gasteiger partial charge in [0.15, 0.2) is 5.96 Å². The molecule has 0 saturated carbocycles. The highest BCUT2D eigenvalue weighted by molar-refractivity contribution is 14.0. The molecule has 1 saturated heterocycles. The first kappa shape index (κ1) is 25.4. The molecule has 0 spiro atoms. The molecule has 10 heteroatoms. The van der Waals surface area contributed by atoms with Gasteiger partial charge in [-0.25, -0.2) is 0 Å². The topological polar surface area (TPSA) is 42.9 Å². The number of nitrogens with one attached hydrogen (secondary N) is 2. The number of thiophene rings is 1. The van der Waals surface area contributed by atoms with Crippen LogP contribution in [0, 0.1) is 0 Å². The minimum Gasteiger partial charge on any atom is -0.356 e. The molecule has 0 aromatic carbocycles. The van der Waals surface area contributed by atoms with Gasteiger partial charge in [-0.2, -0.15) is 13.2 Å². The summed E-state index contributed by atoms with van der Waals surface area (Å²) in [6, 6.07) is 4.57. The summed E-state index contributed by atoms with van der Waals surface area (Å²) in [5, 5.41) is 8.67. The molecule has 1 atom stereocenters. The van der Waals surface area contributed by atoms with Gasteiger partial charge in [-0.15, -0.1) is 35.3 Å². The highest BCUT2D eigenvalue weighted by atomic mass is 127. The van der Waals surface area contributed by atoms with Crippen LogP contribution in [-0.4, -0.2) is 75.3 Å². The fourth-order valence-electron chi connectivity index (χ4n) is 3.30. The largest absolute Gasteiger partial charge is 0.401 e. The number of alkyl halides is 3. The van der Waals surface area contributed by atoms with Gasteiger partial charge in [0.25, 0.3) is 0 Å². The zero-order valence-electron chi connectivity index (χ0n) is 16.5. The molecule has 0 radical (unpaired) electrons. The number of rotatable bonds is 9. The van der Waals surface area contributed by atoms with Crippen molar-refractivity contribution in [2.75, 3.05) is 53.4 Å². The third-order valence-corrected chi connectivity index (χ3v) is 5.57. The Labute approximate surface area is 186 Å². The average molecular weight is 533 g/mol. The Morgan fingerprint density at radius 3 is 2.61 bits per heavy atom. The summed E-state index contributed by atoms with van der Waals surface area (Å²) in [6.07, 6.45) is -1.06. The smallest absolute Gasteiger partial charge is 0.356 e. The van der Waals surface area contributed by atoms with Crippen molar-refractivity contribution in [3.63, 3.8) is 0 Å². The van der Waals surface area contributed by atoms with Crippen molar-refractivity contribution in [2.45, 2.75) is 31.5 Å². The first-order valence-corrected chi connectivity index (χ1v) is 10.2. The molecule has 162 valence electrons. The second kappa shape index (κ2) is 12.9. The number of hydrogen-bond acceptors (Lipinski definition) is 4. The molecular weight excluding hydrogens is 502 g/mol. The summed E-state index contributed by atoms with van der Waals surface area (Å²) in [6.45, 7) is 3.07. The summed E-state index contributed by atoms with van der Waals surface area (Å²) in [4.78, 5) is 9.36. The van der Waals surface area contributed by atoms with Crippen molar-refractivity contribution in [3.8, 4) is 0 Å². The van der Waals surface area contributed by atoms with E-state index in [-0.39, 0.29) is 24.0 Å². The quantitative estimate of drug-likeness (QED) is 0.221. The van der Waals surface area contributed by atoms with Gasteiger partial charge in [0.1, 0.15) is 0 Å². The number of nitrogens with zero attached hydrogens (tertiary/aromatic N) is 3. The number of aliphatic imine (C=N–C) groups is 1. The number of guanidine groups is 1. The Bertz CT molecular complexity index is 562. The van der Waals surface area contributed by atoms with Crippen LogP contribution in [0.15, 0.2) is 22.5 Å². The van der Waals surface area contributed by atoms with Crippen molar-refractivity contribution >= 4 is 41.3 Å². The molecule has 1 aliphatic rings. The predicted molar refractivity (Wildman–Crippen MR) is 121 cm³/mol. The van der Waals surface area contributed by atoms with Crippen molar-refractivity contribution in [1.82, 2.24) is 20.4 Å². The summed E-state index contributed by atoms with van der Waals surface area (Å²) >= 11 is 1.77. The number of halogens is 4. The Kier molecular flexibility index (Phi) is 11.7. The van der Waals surface area contributed by atoms with Gasteiger partial charge in [-0.1, -0.05) is 6.07 Å². The molecule has 5 nitrogen and oxygen atoms in total. The lowest BCUT2D eigenvalue weighted by Gasteiger charge is -2.27. The Balaban J connectivity index is 0.00000392. The summed E-state index contributed by atoms with van der Waals surface area (Å²) in [5.41, 5.74) is 0. The van der Waals surface area contributed by atoms with Crippen LogP contribution in [0.1, 0.15) is 30.2 Å². The van der Waals surface area contributed by atoms with Crippen LogP contribution >= 0.6 is 35.3 Å². The highest BCUT2D eigenvalue weighted by Crippen LogP contribution is 2.27. The molecular formula is C18H31F3IN5S. The van der Waals surface area contributed by atoms with Gasteiger partial charge in [0, 0.05) is 25.0 Å². The molecule has 1 aromatic rings. The van der Waals surface area contributed by atoms with E-state index in [1.807, 2.05) is 0 Å². The van der Waals surface area contributed by atoms with Crippen LogP contribution in [0.3, 0.4) is 0 Å². The minimum absolute atomic E-state index is 0. The van der Waals surface area contributed by atoms with Crippen LogP contribution in [0.5, 0.6) is 0 Å². The maximum atomic E-state index is 12.3. The molecule has 1 aromatic heterocycles. The highest BCUT2D eigenvalue weighted by Gasteiger charge is 2.28. The van der Waals surface area contributed by atoms with Crippen LogP contribution in [-0.2, 0) is 0 Å². The van der Waals surface area contributed by atoms with Gasteiger partial charge < -0.3 is 10.6 Å². The maximum absolute atomic E-state index is 12.3. The molecule has 2 N–H and O–H groups in total. The van der Waals surface area contributed by atoms with Gasteiger partial charge in [-0.3, -0.25) is 14.8 Å². The molecule has 0 bridgehead atoms. The van der Waals surface area contributed by atoms with E-state index in [9.17, 15) is 13.2 Å². The van der Waals surface area contributed by atoms with Crippen LogP contribution < -0.4 is 10.6 Å². The first-order valence-electron chi connectivity index (χ1n) is 9.36. The zero-order chi connectivity index (χ0) is 19.7. The zero-order valence-corrected chi connectivity index (χ0v) is 19.6. The standard InChI is InChI=1S/C18H30F3N5S.HI/c1-22-17(23-8-6-9-25(2)14-18(19,20)21)24-13-15(16-7-5-12-27-16)26-10-3-4-11-26;/h5,7,12,15H,3-4,6,8-11,13-14H2,1-2H3,(H2,22,23,24);1H. The lowest BCUT2D eigenvalue weighted by atomic mass is 10.2. The van der Waals surface area contributed by atoms with Crippen LogP contribution in [0.25, 0.3) is 0 Å². The fraction of sp³-hybridized carbons (Fsp3) is 0.722. The second-order valence-electron chi connectivity index (χ2n) is 6.86. The van der Waals surface area contributed by atoms with E-state index < -0.39 is 12.7 Å². The second-order valence-corrected chi connectivity index (χ2v) is 7.84. The van der Waals surface area contributed by atoms with Crippen LogP contribution in [0.2, 0.25) is 0 Å². The van der Waals surface area contributed by atoms with Gasteiger partial charge in [0.2, 0.25) is 0 Å². The van der Waals surface area contributed by atoms with E-state index in [0.29, 0.717) is 31.5 Å². The van der Waals surface area contributed by atoms with E-state index in [4.69, 9.17) is 0 Å². The van der Waals surface area contributed by atoms with Crippen molar-refractivity contribution in [2.24, 2.45) is 4.99 Å². The molecule has 0 amide bonds. The van der Waals surface area contributed by atoms with E-state index in [0.717, 1.165) is 19.6 Å². The monoisotopic (exact) mass is 533 g/mol. The van der Waals surface area contributed by atoms with E-state index in [2.05, 4.69) is 38.0 Å². The summed E-state index contributed by atoms with van der Waals surface area (Å²) < 4.78 is 37.0. The van der Waals surface area contributed by atoms with E-state index >= 15 is 0 Å². The molecule has 1 aliphatic heterocycles. The minimum atomic E-state index is -4.15. The lowest BCUT2D eigenvalue weighted by Crippen LogP contribution is -2.43. The Morgan fingerprint density at radius 1 is 1.32 bits per heavy atom. The predicted octanol–water partition coefficient (Wildman–Crippen LogP) is 3.55. The van der Waals surface area contributed by atoms with E-state index in [1.165, 1.54) is 29.7 Å². The SMILES string of the molecule is CN=C(NCCCN(C)CC(F)(F)F)NCC(c1cccs1)N1CCCC1.I. The number of likely N-dealkylation sites (tertiary alicyclic amines) is 1. The maximum Gasteiger partial charge on any atom is 0.401 e. The molecule has 0 aliphatic carbocycles. The molecule has 2 rings (SSSR count). The molecule has 28 heavy (non-hydrogen) atoms. The summed E-state index contributed by atoms with van der Waals surface area (Å²) in [5.74, 6) is 0.689. The van der Waals surface area contributed by atoms with Crippen molar-refractivity contribution in [3.05, 3.63) is 22.4 Å². The van der Waals surface area contributed by atoms with Gasteiger partial charge >= 0.3 is 6.18 Å². The average Bonchev–Trinajstić information content (AvgIpc) is 3.29.